The van der Waals surface area contributed by atoms with E-state index in [2.05, 4.69) is 20.2 Å². The van der Waals surface area contributed by atoms with Crippen LogP contribution in [0.3, 0.4) is 0 Å². The third-order valence-corrected chi connectivity index (χ3v) is 8.10. The number of rotatable bonds is 10. The Labute approximate surface area is 321 Å². The van der Waals surface area contributed by atoms with Gasteiger partial charge in [0.15, 0.2) is 17.7 Å². The van der Waals surface area contributed by atoms with Crippen LogP contribution in [0.1, 0.15) is 45.8 Å². The first kappa shape index (κ1) is 40.4. The van der Waals surface area contributed by atoms with Gasteiger partial charge < -0.3 is 30.0 Å². The number of aldehydes is 1. The first-order valence-electron chi connectivity index (χ1n) is 16.2. The summed E-state index contributed by atoms with van der Waals surface area (Å²) in [5, 5.41) is 51.3. The first-order valence-corrected chi connectivity index (χ1v) is 16.2. The Morgan fingerprint density at radius 3 is 2.07 bits per heavy atom. The second-order valence-electron chi connectivity index (χ2n) is 11.6. The van der Waals surface area contributed by atoms with E-state index in [0.29, 0.717) is 22.6 Å². The van der Waals surface area contributed by atoms with Crippen LogP contribution in [-0.4, -0.2) is 79.7 Å². The minimum atomic E-state index is -0.883. The van der Waals surface area contributed by atoms with Crippen molar-refractivity contribution >= 4 is 53.2 Å². The van der Waals surface area contributed by atoms with E-state index >= 15 is 0 Å². The molecule has 4 N–H and O–H groups in total. The van der Waals surface area contributed by atoms with Crippen LogP contribution in [0.4, 0.5) is 17.1 Å². The molecule has 1 aliphatic heterocycles. The zero-order valence-electron chi connectivity index (χ0n) is 29.3. The number of ether oxygens (including phenoxy) is 1. The number of aliphatic imine (C=N–C) groups is 2. The number of aliphatic hydroxyl groups excluding tert-OH is 1. The van der Waals surface area contributed by atoms with Crippen LogP contribution in [0, 0.1) is 5.92 Å². The second kappa shape index (κ2) is 18.4. The van der Waals surface area contributed by atoms with Crippen LogP contribution in [0.25, 0.3) is 5.69 Å². The Balaban J connectivity index is 0.000000238. The number of ketones is 1. The van der Waals surface area contributed by atoms with Crippen molar-refractivity contribution in [2.75, 3.05) is 12.1 Å². The second-order valence-corrected chi connectivity index (χ2v) is 11.6. The molecule has 2 unspecified atom stereocenters. The fourth-order valence-corrected chi connectivity index (χ4v) is 5.39. The minimum absolute atomic E-state index is 0. The zero-order chi connectivity index (χ0) is 38.1. The summed E-state index contributed by atoms with van der Waals surface area (Å²) in [6, 6.07) is 27.4. The minimum Gasteiger partial charge on any atom is -0.506 e. The molecule has 0 amide bonds. The number of aliphatic hydroxyl groups is 1. The fraction of sp³-hybridized carbons (Fsp3) is 0.154. The van der Waals surface area contributed by atoms with Gasteiger partial charge in [-0.1, -0.05) is 54.6 Å². The third kappa shape index (κ3) is 8.96. The number of phenols is 2. The van der Waals surface area contributed by atoms with Gasteiger partial charge in [0.05, 0.1) is 30.0 Å². The summed E-state index contributed by atoms with van der Waals surface area (Å²) in [4.78, 5) is 43.2. The number of aromatic nitrogens is 2. The average Bonchev–Trinajstić information content (AvgIpc) is 3.65. The number of carbonyl (C=O) groups is 3. The predicted molar refractivity (Wildman–Crippen MR) is 199 cm³/mol. The molecule has 6 rings (SSSR count). The van der Waals surface area contributed by atoms with Gasteiger partial charge in [0.25, 0.3) is 0 Å². The van der Waals surface area contributed by atoms with Crippen molar-refractivity contribution in [3.8, 4) is 23.1 Å². The standard InChI is InChI=1S/C20H17N3O5.C19H19N3O3.Cr/c1-12(24)14-9-6-10-16(25)17(14)21-11-15-18(20(27)28-2)22-23(19(15)26)13-7-4-3-5-8-13;1-13-16(19(25)22(21-13)15-7-3-2-4-8-15)12-20-18-14(10-11-23)6-5-9-17(18)24;/h3-11,25-26H,1-2H3;2-9,11-12,16,19,24-25H,10H2,1H3;. The van der Waals surface area contributed by atoms with Crippen LogP contribution >= 0.6 is 0 Å². The van der Waals surface area contributed by atoms with Gasteiger partial charge in [-0.25, -0.2) is 9.80 Å². The molecule has 0 aliphatic carbocycles. The van der Waals surface area contributed by atoms with Crippen molar-refractivity contribution in [3.05, 3.63) is 119 Å². The van der Waals surface area contributed by atoms with Gasteiger partial charge in [0.1, 0.15) is 29.2 Å². The number of hydrogen-bond acceptors (Lipinski definition) is 13. The van der Waals surface area contributed by atoms with E-state index in [1.807, 2.05) is 37.3 Å². The van der Waals surface area contributed by atoms with E-state index in [9.17, 15) is 34.8 Å². The normalized spacial score (nSPS) is 15.0. The number of hydrogen-bond donors (Lipinski definition) is 4. The largest absolute Gasteiger partial charge is 0.506 e. The molecule has 14 nitrogen and oxygen atoms in total. The number of para-hydroxylation sites is 4. The summed E-state index contributed by atoms with van der Waals surface area (Å²) in [5.41, 5.74) is 3.06. The van der Waals surface area contributed by atoms with E-state index in [0.717, 1.165) is 18.2 Å². The molecule has 54 heavy (non-hydrogen) atoms. The third-order valence-electron chi connectivity index (χ3n) is 8.10. The Morgan fingerprint density at radius 2 is 1.46 bits per heavy atom. The Bertz CT molecular complexity index is 2210. The van der Waals surface area contributed by atoms with Gasteiger partial charge in [-0.15, -0.1) is 0 Å². The molecule has 0 fully saturated rings. The molecule has 0 radical (unpaired) electrons. The Kier molecular flexibility index (Phi) is 13.7. The SMILES string of the molecule is CC1=NN(c2ccccc2)C(O)C1C=Nc1c(O)cccc1CC=O.COC(=O)c1nn(-c2ccccc2)c(O)c1C=Nc1c(O)cccc1C(C)=O.[Cr]. The molecule has 2 heterocycles. The summed E-state index contributed by atoms with van der Waals surface area (Å²) in [7, 11) is 1.19. The smallest absolute Gasteiger partial charge is 0.359 e. The molecule has 2 atom stereocenters. The van der Waals surface area contributed by atoms with Gasteiger partial charge in [0.2, 0.25) is 5.88 Å². The number of nitrogens with zero attached hydrogens (tertiary/aromatic N) is 6. The van der Waals surface area contributed by atoms with Crippen LogP contribution in [0.15, 0.2) is 112 Å². The van der Waals surface area contributed by atoms with Gasteiger partial charge in [-0.3, -0.25) is 14.8 Å². The molecule has 5 aromatic rings. The van der Waals surface area contributed by atoms with Crippen LogP contribution in [-0.2, 0) is 33.3 Å². The molecule has 0 saturated carbocycles. The molecule has 1 aromatic heterocycles. The summed E-state index contributed by atoms with van der Waals surface area (Å²) < 4.78 is 5.90. The van der Waals surface area contributed by atoms with Crippen LogP contribution in [0.5, 0.6) is 17.4 Å². The molecule has 15 heteroatoms. The van der Waals surface area contributed by atoms with Crippen molar-refractivity contribution in [1.82, 2.24) is 9.78 Å². The van der Waals surface area contributed by atoms with Crippen molar-refractivity contribution in [2.45, 2.75) is 26.5 Å². The van der Waals surface area contributed by atoms with Crippen LogP contribution < -0.4 is 5.01 Å². The number of hydrazone groups is 1. The predicted octanol–water partition coefficient (Wildman–Crippen LogP) is 5.69. The van der Waals surface area contributed by atoms with E-state index in [4.69, 9.17) is 4.74 Å². The number of Topliss-reactive ketones (excluding diaryl/α,β-unsaturated/α-hetero) is 1. The molecule has 276 valence electrons. The maximum atomic E-state index is 12.1. The number of phenolic OH excluding ortho intramolecular Hbond substituents is 2. The van der Waals surface area contributed by atoms with E-state index in [1.54, 1.807) is 53.7 Å². The molecular formula is C39H36CrN6O8. The maximum Gasteiger partial charge on any atom is 0.359 e. The van der Waals surface area contributed by atoms with Gasteiger partial charge >= 0.3 is 5.97 Å². The summed E-state index contributed by atoms with van der Waals surface area (Å²) in [6.45, 7) is 3.17. The van der Waals surface area contributed by atoms with E-state index < -0.39 is 18.1 Å². The van der Waals surface area contributed by atoms with Crippen molar-refractivity contribution in [3.63, 3.8) is 0 Å². The van der Waals surface area contributed by atoms with E-state index in [1.165, 1.54) is 43.0 Å². The van der Waals surface area contributed by atoms with Gasteiger partial charge in [-0.05, 0) is 61.9 Å². The topological polar surface area (TPSA) is 199 Å². The van der Waals surface area contributed by atoms with Crippen molar-refractivity contribution in [2.24, 2.45) is 21.0 Å². The van der Waals surface area contributed by atoms with Crippen molar-refractivity contribution < 1.29 is 56.9 Å². The summed E-state index contributed by atoms with van der Waals surface area (Å²) in [6.07, 6.45) is 2.77. The number of carbonyl (C=O) groups excluding carboxylic acids is 3. The summed E-state index contributed by atoms with van der Waals surface area (Å²) >= 11 is 0. The fourth-order valence-electron chi connectivity index (χ4n) is 5.39. The molecule has 0 bridgehead atoms. The molecule has 0 saturated heterocycles. The molecule has 1 aliphatic rings. The van der Waals surface area contributed by atoms with Crippen molar-refractivity contribution in [1.29, 1.82) is 0 Å². The monoisotopic (exact) mass is 768 g/mol. The zero-order valence-corrected chi connectivity index (χ0v) is 30.6. The number of benzene rings is 4. The number of methoxy groups -OCH3 is 1. The van der Waals surface area contributed by atoms with Crippen LogP contribution in [0.2, 0.25) is 0 Å². The average molecular weight is 769 g/mol. The van der Waals surface area contributed by atoms with Gasteiger partial charge in [-0.2, -0.15) is 14.9 Å². The van der Waals surface area contributed by atoms with Gasteiger partial charge in [0, 0.05) is 47.5 Å². The molecule has 4 aromatic carbocycles. The number of aromatic hydroxyl groups is 3. The first-order chi connectivity index (χ1) is 25.5. The number of esters is 1. The Hall–Kier alpha value is -6.40. The quantitative estimate of drug-likeness (QED) is 0.0593. The molecular weight excluding hydrogens is 732 g/mol. The maximum absolute atomic E-state index is 12.1. The van der Waals surface area contributed by atoms with E-state index in [-0.39, 0.29) is 69.5 Å². The number of anilines is 1. The Morgan fingerprint density at radius 1 is 0.852 bits per heavy atom. The summed E-state index contributed by atoms with van der Waals surface area (Å²) in [5.74, 6) is -2.02. The molecule has 0 spiro atoms.